The lowest BCUT2D eigenvalue weighted by Crippen LogP contribution is -2.22. The molecule has 108 valence electrons. The van der Waals surface area contributed by atoms with Crippen LogP contribution in [-0.4, -0.2) is 23.1 Å². The summed E-state index contributed by atoms with van der Waals surface area (Å²) in [6.45, 7) is 1.03. The molecular formula is C16H22BrN3. The fraction of sp³-hybridized carbons (Fsp3) is 0.438. The van der Waals surface area contributed by atoms with Gasteiger partial charge in [-0.15, -0.1) is 0 Å². The molecule has 2 rings (SSSR count). The Balaban J connectivity index is 1.97. The molecule has 0 fully saturated rings. The predicted octanol–water partition coefficient (Wildman–Crippen LogP) is 3.19. The van der Waals surface area contributed by atoms with E-state index in [1.165, 1.54) is 15.9 Å². The van der Waals surface area contributed by atoms with Gasteiger partial charge in [-0.2, -0.15) is 0 Å². The van der Waals surface area contributed by atoms with Crippen LogP contribution in [-0.2, 0) is 19.9 Å². The highest BCUT2D eigenvalue weighted by Crippen LogP contribution is 2.21. The summed E-state index contributed by atoms with van der Waals surface area (Å²) in [6.07, 6.45) is 7.15. The van der Waals surface area contributed by atoms with Crippen LogP contribution in [0.3, 0.4) is 0 Å². The van der Waals surface area contributed by atoms with Crippen molar-refractivity contribution in [3.05, 3.63) is 52.5 Å². The van der Waals surface area contributed by atoms with Gasteiger partial charge in [0.05, 0.1) is 0 Å². The van der Waals surface area contributed by atoms with Crippen molar-refractivity contribution in [3.63, 3.8) is 0 Å². The molecule has 1 heterocycles. The molecular weight excluding hydrogens is 314 g/mol. The van der Waals surface area contributed by atoms with Crippen LogP contribution in [0.5, 0.6) is 0 Å². The van der Waals surface area contributed by atoms with Crippen LogP contribution in [0.4, 0.5) is 0 Å². The molecule has 1 aromatic carbocycles. The van der Waals surface area contributed by atoms with Crippen molar-refractivity contribution in [3.8, 4) is 0 Å². The summed E-state index contributed by atoms with van der Waals surface area (Å²) in [7, 11) is 4.08. The SMILES string of the molecule is CNCC(CCc1nccn1C)Cc1ccccc1Br. The van der Waals surface area contributed by atoms with Gasteiger partial charge in [-0.25, -0.2) is 4.98 Å². The Labute approximate surface area is 129 Å². The molecule has 0 saturated heterocycles. The highest BCUT2D eigenvalue weighted by molar-refractivity contribution is 9.10. The van der Waals surface area contributed by atoms with Crippen LogP contribution >= 0.6 is 15.9 Å². The van der Waals surface area contributed by atoms with Gasteiger partial charge in [-0.3, -0.25) is 0 Å². The van der Waals surface area contributed by atoms with Gasteiger partial charge in [0.15, 0.2) is 0 Å². The molecule has 0 bridgehead atoms. The lowest BCUT2D eigenvalue weighted by molar-refractivity contribution is 0.453. The Morgan fingerprint density at radius 3 is 2.80 bits per heavy atom. The van der Waals surface area contributed by atoms with E-state index in [0.29, 0.717) is 5.92 Å². The van der Waals surface area contributed by atoms with E-state index >= 15 is 0 Å². The zero-order valence-electron chi connectivity index (χ0n) is 12.1. The minimum atomic E-state index is 0.621. The maximum absolute atomic E-state index is 4.41. The minimum absolute atomic E-state index is 0.621. The van der Waals surface area contributed by atoms with Gasteiger partial charge < -0.3 is 9.88 Å². The van der Waals surface area contributed by atoms with E-state index in [4.69, 9.17) is 0 Å². The van der Waals surface area contributed by atoms with Crippen molar-refractivity contribution in [2.45, 2.75) is 19.3 Å². The molecule has 0 aliphatic carbocycles. The first-order valence-corrected chi connectivity index (χ1v) is 7.84. The maximum Gasteiger partial charge on any atom is 0.108 e. The number of hydrogen-bond acceptors (Lipinski definition) is 2. The van der Waals surface area contributed by atoms with Crippen LogP contribution in [0.25, 0.3) is 0 Å². The lowest BCUT2D eigenvalue weighted by Gasteiger charge is -2.17. The molecule has 0 spiro atoms. The van der Waals surface area contributed by atoms with Crippen molar-refractivity contribution in [2.24, 2.45) is 13.0 Å². The van der Waals surface area contributed by atoms with Gasteiger partial charge >= 0.3 is 0 Å². The van der Waals surface area contributed by atoms with Gasteiger partial charge in [0, 0.05) is 30.3 Å². The average molecular weight is 336 g/mol. The topological polar surface area (TPSA) is 29.9 Å². The Morgan fingerprint density at radius 1 is 1.35 bits per heavy atom. The van der Waals surface area contributed by atoms with Crippen LogP contribution in [0.15, 0.2) is 41.1 Å². The second-order valence-electron chi connectivity index (χ2n) is 5.21. The molecule has 2 aromatic rings. The first-order chi connectivity index (χ1) is 9.70. The summed E-state index contributed by atoms with van der Waals surface area (Å²) in [5.74, 6) is 1.79. The molecule has 1 N–H and O–H groups in total. The Bertz CT molecular complexity index is 536. The average Bonchev–Trinajstić information content (AvgIpc) is 2.84. The predicted molar refractivity (Wildman–Crippen MR) is 86.8 cm³/mol. The quantitative estimate of drug-likeness (QED) is 0.842. The Hall–Kier alpha value is -1.13. The zero-order valence-corrected chi connectivity index (χ0v) is 13.7. The van der Waals surface area contributed by atoms with Crippen LogP contribution in [0.1, 0.15) is 17.8 Å². The third kappa shape index (κ3) is 4.18. The third-order valence-corrected chi connectivity index (χ3v) is 4.43. The summed E-state index contributed by atoms with van der Waals surface area (Å²) in [6, 6.07) is 8.49. The monoisotopic (exact) mass is 335 g/mol. The highest BCUT2D eigenvalue weighted by Gasteiger charge is 2.12. The van der Waals surface area contributed by atoms with Crippen molar-refractivity contribution >= 4 is 15.9 Å². The van der Waals surface area contributed by atoms with Gasteiger partial charge in [-0.05, 0) is 44.0 Å². The number of hydrogen-bond donors (Lipinski definition) is 1. The van der Waals surface area contributed by atoms with E-state index in [1.54, 1.807) is 0 Å². The van der Waals surface area contributed by atoms with E-state index in [9.17, 15) is 0 Å². The number of aromatic nitrogens is 2. The molecule has 4 heteroatoms. The maximum atomic E-state index is 4.41. The highest BCUT2D eigenvalue weighted by atomic mass is 79.9. The summed E-state index contributed by atoms with van der Waals surface area (Å²) in [5.41, 5.74) is 1.38. The van der Waals surface area contributed by atoms with Gasteiger partial charge in [0.25, 0.3) is 0 Å². The number of nitrogens with zero attached hydrogens (tertiary/aromatic N) is 2. The summed E-state index contributed by atoms with van der Waals surface area (Å²) < 4.78 is 3.31. The van der Waals surface area contributed by atoms with E-state index < -0.39 is 0 Å². The molecule has 1 unspecified atom stereocenters. The van der Waals surface area contributed by atoms with E-state index in [2.05, 4.69) is 62.1 Å². The molecule has 0 aliphatic rings. The molecule has 0 saturated carbocycles. The van der Waals surface area contributed by atoms with Crippen LogP contribution in [0, 0.1) is 5.92 Å². The molecule has 20 heavy (non-hydrogen) atoms. The largest absolute Gasteiger partial charge is 0.338 e. The first-order valence-electron chi connectivity index (χ1n) is 7.05. The molecule has 0 aliphatic heterocycles. The van der Waals surface area contributed by atoms with Gasteiger partial charge in [0.1, 0.15) is 5.82 Å². The Kier molecular flexibility index (Phi) is 5.80. The van der Waals surface area contributed by atoms with Gasteiger partial charge in [0.2, 0.25) is 0 Å². The Morgan fingerprint density at radius 2 is 2.15 bits per heavy atom. The zero-order chi connectivity index (χ0) is 14.4. The number of rotatable bonds is 7. The third-order valence-electron chi connectivity index (χ3n) is 3.66. The molecule has 1 aromatic heterocycles. The van der Waals surface area contributed by atoms with Crippen molar-refractivity contribution < 1.29 is 0 Å². The van der Waals surface area contributed by atoms with Crippen molar-refractivity contribution in [2.75, 3.05) is 13.6 Å². The number of halogens is 1. The molecule has 1 atom stereocenters. The number of aryl methyl sites for hydroxylation is 2. The molecule has 0 amide bonds. The number of imidazole rings is 1. The van der Waals surface area contributed by atoms with E-state index in [-0.39, 0.29) is 0 Å². The fourth-order valence-corrected chi connectivity index (χ4v) is 2.96. The van der Waals surface area contributed by atoms with Crippen molar-refractivity contribution in [1.82, 2.24) is 14.9 Å². The van der Waals surface area contributed by atoms with Crippen LogP contribution < -0.4 is 5.32 Å². The summed E-state index contributed by atoms with van der Waals surface area (Å²) in [5, 5.41) is 3.31. The summed E-state index contributed by atoms with van der Waals surface area (Å²) in [4.78, 5) is 4.41. The van der Waals surface area contributed by atoms with E-state index in [0.717, 1.165) is 25.8 Å². The normalized spacial score (nSPS) is 12.6. The smallest absolute Gasteiger partial charge is 0.108 e. The standard InChI is InChI=1S/C16H22BrN3/c1-18-12-13(7-8-16-19-9-10-20(16)2)11-14-5-3-4-6-15(14)17/h3-6,9-10,13,18H,7-8,11-12H2,1-2H3. The van der Waals surface area contributed by atoms with Crippen LogP contribution in [0.2, 0.25) is 0 Å². The molecule has 0 radical (unpaired) electrons. The summed E-state index contributed by atoms with van der Waals surface area (Å²) >= 11 is 3.64. The first kappa shape index (κ1) is 15.3. The lowest BCUT2D eigenvalue weighted by atomic mass is 9.94. The second-order valence-corrected chi connectivity index (χ2v) is 6.07. The fourth-order valence-electron chi connectivity index (χ4n) is 2.51. The van der Waals surface area contributed by atoms with Gasteiger partial charge in [-0.1, -0.05) is 34.1 Å². The van der Waals surface area contributed by atoms with E-state index in [1.807, 2.05) is 19.4 Å². The van der Waals surface area contributed by atoms with Crippen molar-refractivity contribution in [1.29, 1.82) is 0 Å². The second kappa shape index (κ2) is 7.60. The number of nitrogens with one attached hydrogen (secondary N) is 1. The number of benzene rings is 1. The minimum Gasteiger partial charge on any atom is -0.338 e. The molecule has 3 nitrogen and oxygen atoms in total.